The summed E-state index contributed by atoms with van der Waals surface area (Å²) in [6.07, 6.45) is 1.99. The maximum absolute atomic E-state index is 11.6. The molecule has 0 atom stereocenters. The molecule has 18 heavy (non-hydrogen) atoms. The van der Waals surface area contributed by atoms with E-state index in [1.165, 1.54) is 0 Å². The number of nitrogen functional groups attached to an aromatic ring is 1. The predicted octanol–water partition coefficient (Wildman–Crippen LogP) is 0.679. The second-order valence-electron chi connectivity index (χ2n) is 4.65. The second kappa shape index (κ2) is 5.27. The monoisotopic (exact) mass is 250 g/mol. The Morgan fingerprint density at radius 1 is 1.39 bits per heavy atom. The van der Waals surface area contributed by atoms with E-state index in [0.29, 0.717) is 18.0 Å². The van der Waals surface area contributed by atoms with Crippen LogP contribution in [0.25, 0.3) is 0 Å². The van der Waals surface area contributed by atoms with Crippen LogP contribution in [0.3, 0.4) is 0 Å². The lowest BCUT2D eigenvalue weighted by atomic mass is 10.2. The number of rotatable bonds is 6. The molecule has 0 bridgehead atoms. The molecule has 0 unspecified atom stereocenters. The Labute approximate surface area is 106 Å². The molecule has 0 spiro atoms. The summed E-state index contributed by atoms with van der Waals surface area (Å²) in [6.45, 7) is 0.328. The van der Waals surface area contributed by atoms with Crippen LogP contribution in [0.4, 0.5) is 5.69 Å². The first kappa shape index (κ1) is 12.7. The van der Waals surface area contributed by atoms with Gasteiger partial charge in [0, 0.05) is 5.69 Å². The minimum absolute atomic E-state index is 0.0115. The van der Waals surface area contributed by atoms with Crippen molar-refractivity contribution in [2.75, 3.05) is 18.9 Å². The van der Waals surface area contributed by atoms with Crippen LogP contribution in [0.5, 0.6) is 5.75 Å². The normalized spacial score (nSPS) is 16.1. The molecule has 0 aromatic heterocycles. The Morgan fingerprint density at radius 3 is 2.61 bits per heavy atom. The van der Waals surface area contributed by atoms with Gasteiger partial charge in [-0.15, -0.1) is 0 Å². The van der Waals surface area contributed by atoms with E-state index < -0.39 is 0 Å². The van der Waals surface area contributed by atoms with Gasteiger partial charge in [0.25, 0.3) is 0 Å². The fraction of sp³-hybridized carbons (Fsp3) is 0.462. The third-order valence-corrected chi connectivity index (χ3v) is 3.04. The zero-order chi connectivity index (χ0) is 13.0. The number of carbonyl (C=O) groups excluding carboxylic acids is 1. The lowest BCUT2D eigenvalue weighted by Crippen LogP contribution is -2.40. The van der Waals surface area contributed by atoms with Crippen molar-refractivity contribution in [2.24, 2.45) is 0 Å². The van der Waals surface area contributed by atoms with Gasteiger partial charge in [0.05, 0.1) is 25.2 Å². The molecule has 2 rings (SSSR count). The van der Waals surface area contributed by atoms with E-state index in [9.17, 15) is 4.79 Å². The van der Waals surface area contributed by atoms with Gasteiger partial charge in [-0.1, -0.05) is 0 Å². The van der Waals surface area contributed by atoms with Crippen LogP contribution in [0.2, 0.25) is 0 Å². The highest BCUT2D eigenvalue weighted by Gasteiger charge is 2.43. The summed E-state index contributed by atoms with van der Waals surface area (Å²) in [5, 5.41) is 11.9. The number of carbonyl (C=O) groups is 1. The summed E-state index contributed by atoms with van der Waals surface area (Å²) in [5.41, 5.74) is 5.88. The summed E-state index contributed by atoms with van der Waals surface area (Å²) >= 11 is 0. The van der Waals surface area contributed by atoms with E-state index >= 15 is 0 Å². The second-order valence-corrected chi connectivity index (χ2v) is 4.65. The van der Waals surface area contributed by atoms with Crippen LogP contribution < -0.4 is 15.8 Å². The quantitative estimate of drug-likeness (QED) is 0.648. The molecular formula is C13H18N2O3. The standard InChI is InChI=1S/C13H18N2O3/c14-10-1-3-11(4-2-10)18-8-5-12(17)15-13(9-16)6-7-13/h1-4,16H,5-9,14H2,(H,15,17). The van der Waals surface area contributed by atoms with Crippen LogP contribution in [0.1, 0.15) is 19.3 Å². The fourth-order valence-corrected chi connectivity index (χ4v) is 1.66. The third kappa shape index (κ3) is 3.37. The van der Waals surface area contributed by atoms with Crippen molar-refractivity contribution >= 4 is 11.6 Å². The SMILES string of the molecule is Nc1ccc(OCCC(=O)NC2(CO)CC2)cc1. The van der Waals surface area contributed by atoms with Crippen LogP contribution >= 0.6 is 0 Å². The highest BCUT2D eigenvalue weighted by molar-refractivity contribution is 5.77. The Balaban J connectivity index is 1.69. The molecule has 1 aliphatic rings. The number of benzene rings is 1. The van der Waals surface area contributed by atoms with Gasteiger partial charge in [-0.3, -0.25) is 4.79 Å². The van der Waals surface area contributed by atoms with Crippen molar-refractivity contribution in [3.05, 3.63) is 24.3 Å². The van der Waals surface area contributed by atoms with E-state index in [1.54, 1.807) is 24.3 Å². The zero-order valence-corrected chi connectivity index (χ0v) is 10.2. The van der Waals surface area contributed by atoms with Crippen LogP contribution in [0.15, 0.2) is 24.3 Å². The van der Waals surface area contributed by atoms with Gasteiger partial charge in [-0.05, 0) is 37.1 Å². The minimum atomic E-state index is -0.349. The molecule has 4 N–H and O–H groups in total. The highest BCUT2D eigenvalue weighted by atomic mass is 16.5. The van der Waals surface area contributed by atoms with Gasteiger partial charge in [-0.25, -0.2) is 0 Å². The van der Waals surface area contributed by atoms with E-state index in [2.05, 4.69) is 5.32 Å². The average Bonchev–Trinajstić information content (AvgIpc) is 3.12. The number of nitrogens with one attached hydrogen (secondary N) is 1. The summed E-state index contributed by atoms with van der Waals surface area (Å²) in [5.74, 6) is 0.609. The number of hydrogen-bond donors (Lipinski definition) is 3. The number of hydrogen-bond acceptors (Lipinski definition) is 4. The summed E-state index contributed by atoms with van der Waals surface area (Å²) in [7, 11) is 0. The van der Waals surface area contributed by atoms with E-state index in [0.717, 1.165) is 12.8 Å². The van der Waals surface area contributed by atoms with E-state index in [4.69, 9.17) is 15.6 Å². The van der Waals surface area contributed by atoms with Gasteiger partial charge in [0.1, 0.15) is 5.75 Å². The van der Waals surface area contributed by atoms with Crippen molar-refractivity contribution in [3.63, 3.8) is 0 Å². The van der Waals surface area contributed by atoms with Crippen LogP contribution in [-0.4, -0.2) is 29.8 Å². The molecule has 1 aliphatic carbocycles. The molecule has 1 fully saturated rings. The fourth-order valence-electron chi connectivity index (χ4n) is 1.66. The first-order valence-corrected chi connectivity index (χ1v) is 6.04. The summed E-state index contributed by atoms with van der Waals surface area (Å²) in [4.78, 5) is 11.6. The third-order valence-electron chi connectivity index (χ3n) is 3.04. The smallest absolute Gasteiger partial charge is 0.223 e. The molecule has 98 valence electrons. The molecule has 1 aromatic carbocycles. The Morgan fingerprint density at radius 2 is 2.06 bits per heavy atom. The highest BCUT2D eigenvalue weighted by Crippen LogP contribution is 2.34. The van der Waals surface area contributed by atoms with E-state index in [-0.39, 0.29) is 24.5 Å². The molecule has 5 heteroatoms. The molecule has 1 saturated carbocycles. The van der Waals surface area contributed by atoms with Crippen molar-refractivity contribution in [3.8, 4) is 5.75 Å². The Kier molecular flexibility index (Phi) is 3.72. The topological polar surface area (TPSA) is 84.6 Å². The summed E-state index contributed by atoms with van der Waals surface area (Å²) in [6, 6.07) is 7.04. The Bertz CT molecular complexity index is 413. The van der Waals surface area contributed by atoms with Gasteiger partial charge >= 0.3 is 0 Å². The van der Waals surface area contributed by atoms with Gasteiger partial charge < -0.3 is 20.9 Å². The molecule has 5 nitrogen and oxygen atoms in total. The molecule has 0 heterocycles. The Hall–Kier alpha value is -1.75. The molecular weight excluding hydrogens is 232 g/mol. The maximum atomic E-state index is 11.6. The summed E-state index contributed by atoms with van der Waals surface area (Å²) < 4.78 is 5.42. The number of anilines is 1. The zero-order valence-electron chi connectivity index (χ0n) is 10.2. The number of aliphatic hydroxyl groups is 1. The maximum Gasteiger partial charge on any atom is 0.223 e. The first-order valence-electron chi connectivity index (χ1n) is 6.04. The molecule has 0 aliphatic heterocycles. The van der Waals surface area contributed by atoms with Gasteiger partial charge in [0.2, 0.25) is 5.91 Å². The first-order chi connectivity index (χ1) is 8.63. The van der Waals surface area contributed by atoms with Gasteiger partial charge in [-0.2, -0.15) is 0 Å². The number of amides is 1. The molecule has 0 saturated heterocycles. The van der Waals surface area contributed by atoms with Gasteiger partial charge in [0.15, 0.2) is 0 Å². The van der Waals surface area contributed by atoms with Crippen LogP contribution in [-0.2, 0) is 4.79 Å². The molecule has 0 radical (unpaired) electrons. The van der Waals surface area contributed by atoms with Crippen molar-refractivity contribution in [2.45, 2.75) is 24.8 Å². The lowest BCUT2D eigenvalue weighted by molar-refractivity contribution is -0.122. The van der Waals surface area contributed by atoms with Crippen molar-refractivity contribution in [1.29, 1.82) is 0 Å². The van der Waals surface area contributed by atoms with Crippen molar-refractivity contribution in [1.82, 2.24) is 5.32 Å². The number of aliphatic hydroxyl groups excluding tert-OH is 1. The lowest BCUT2D eigenvalue weighted by Gasteiger charge is -2.14. The van der Waals surface area contributed by atoms with E-state index in [1.807, 2.05) is 0 Å². The number of nitrogens with two attached hydrogens (primary N) is 1. The largest absolute Gasteiger partial charge is 0.493 e. The number of ether oxygens (including phenoxy) is 1. The van der Waals surface area contributed by atoms with Crippen LogP contribution in [0, 0.1) is 0 Å². The van der Waals surface area contributed by atoms with Crippen molar-refractivity contribution < 1.29 is 14.6 Å². The molecule has 1 aromatic rings. The molecule has 1 amide bonds. The minimum Gasteiger partial charge on any atom is -0.493 e. The average molecular weight is 250 g/mol. The predicted molar refractivity (Wildman–Crippen MR) is 68.2 cm³/mol.